The zero-order valence-electron chi connectivity index (χ0n) is 19.2. The molecule has 174 valence electrons. The van der Waals surface area contributed by atoms with Crippen LogP contribution in [0.4, 0.5) is 0 Å². The molecule has 2 heterocycles. The fourth-order valence-corrected chi connectivity index (χ4v) is 4.80. The number of halogens is 1. The minimum absolute atomic E-state index is 0.157. The van der Waals surface area contributed by atoms with Gasteiger partial charge in [-0.3, -0.25) is 0 Å². The van der Waals surface area contributed by atoms with E-state index in [1.807, 2.05) is 17.1 Å². The first kappa shape index (κ1) is 23.2. The molecule has 3 unspecified atom stereocenters. The van der Waals surface area contributed by atoms with Crippen LogP contribution in [0.25, 0.3) is 5.57 Å². The van der Waals surface area contributed by atoms with Gasteiger partial charge in [-0.15, -0.1) is 10.2 Å². The smallest absolute Gasteiger partial charge is 0.332 e. The van der Waals surface area contributed by atoms with E-state index in [2.05, 4.69) is 62.9 Å². The number of nitrogens with one attached hydrogen (secondary N) is 1. The number of hydrogen-bond acceptors (Lipinski definition) is 7. The van der Waals surface area contributed by atoms with Crippen LogP contribution in [0.1, 0.15) is 62.4 Å². The molecule has 2 aromatic rings. The lowest BCUT2D eigenvalue weighted by Crippen LogP contribution is -2.48. The van der Waals surface area contributed by atoms with Gasteiger partial charge in [0, 0.05) is 24.5 Å². The average Bonchev–Trinajstić information content (AvgIpc) is 3.44. The summed E-state index contributed by atoms with van der Waals surface area (Å²) in [7, 11) is 1.39. The van der Waals surface area contributed by atoms with E-state index in [1.54, 1.807) is 6.92 Å². The number of benzene rings is 1. The van der Waals surface area contributed by atoms with Crippen LogP contribution in [0, 0.1) is 0 Å². The van der Waals surface area contributed by atoms with E-state index < -0.39 is 11.0 Å². The summed E-state index contributed by atoms with van der Waals surface area (Å²) in [5.74, 6) is 1.26. The number of aromatic amines is 1. The number of H-pyrrole nitrogens is 1. The van der Waals surface area contributed by atoms with Crippen LogP contribution in [0.3, 0.4) is 0 Å². The zero-order chi connectivity index (χ0) is 23.4. The van der Waals surface area contributed by atoms with Crippen LogP contribution in [0.2, 0.25) is 0 Å². The molecule has 0 spiro atoms. The number of rotatable bonds is 8. The molecular formula is C24H29ClN6O2. The first-order chi connectivity index (χ1) is 15.9. The molecule has 1 N–H and O–H groups in total. The highest BCUT2D eigenvalue weighted by molar-refractivity contribution is 6.27. The summed E-state index contributed by atoms with van der Waals surface area (Å²) < 4.78 is 5.07. The predicted molar refractivity (Wildman–Crippen MR) is 128 cm³/mol. The summed E-state index contributed by atoms with van der Waals surface area (Å²) >= 11 is 6.67. The highest BCUT2D eigenvalue weighted by Gasteiger charge is 2.49. The standard InChI is InChI=1S/C24H29ClN6O2/c1-4-5-10-20-26-24(2,25)21(23(32)33-3)31(20)15-16-11-13-17(14-12-16)18-8-6-7-9-19(18)22-27-29-30-28-22/h6-7,9,11-14,18,21H,4-5,8,10,15H2,1-3H3,(H,27,28,29,30). The van der Waals surface area contributed by atoms with E-state index in [0.29, 0.717) is 12.4 Å². The first-order valence-electron chi connectivity index (χ1n) is 11.3. The number of amidine groups is 1. The number of nitrogens with zero attached hydrogens (tertiary/aromatic N) is 5. The first-order valence-corrected chi connectivity index (χ1v) is 11.6. The second-order valence-corrected chi connectivity index (χ2v) is 9.29. The zero-order valence-corrected chi connectivity index (χ0v) is 19.9. The average molecular weight is 469 g/mol. The van der Waals surface area contributed by atoms with Crippen LogP contribution in [0.5, 0.6) is 0 Å². The third-order valence-electron chi connectivity index (χ3n) is 6.17. The number of alkyl halides is 1. The van der Waals surface area contributed by atoms with E-state index in [1.165, 1.54) is 12.7 Å². The number of unbranched alkanes of at least 4 members (excludes halogenated alkanes) is 1. The SMILES string of the molecule is CCCCC1=NC(C)(Cl)C(C(=O)OC)N1Cc1ccc(C2CC=CC=C2c2nn[nH]n2)cc1. The largest absolute Gasteiger partial charge is 0.467 e. The molecule has 0 saturated heterocycles. The van der Waals surface area contributed by atoms with Gasteiger partial charge < -0.3 is 9.64 Å². The predicted octanol–water partition coefficient (Wildman–Crippen LogP) is 4.23. The van der Waals surface area contributed by atoms with Crippen molar-refractivity contribution in [1.82, 2.24) is 25.5 Å². The van der Waals surface area contributed by atoms with Crippen molar-refractivity contribution in [2.24, 2.45) is 4.99 Å². The number of aliphatic imine (C=N–C) groups is 1. The van der Waals surface area contributed by atoms with Gasteiger partial charge in [0.05, 0.1) is 7.11 Å². The quantitative estimate of drug-likeness (QED) is 0.354. The van der Waals surface area contributed by atoms with Crippen molar-refractivity contribution < 1.29 is 9.53 Å². The van der Waals surface area contributed by atoms with Gasteiger partial charge in [0.1, 0.15) is 5.84 Å². The summed E-state index contributed by atoms with van der Waals surface area (Å²) in [5.41, 5.74) is 3.28. The van der Waals surface area contributed by atoms with E-state index in [4.69, 9.17) is 16.3 Å². The van der Waals surface area contributed by atoms with Crippen molar-refractivity contribution in [2.45, 2.75) is 63.0 Å². The molecule has 0 radical (unpaired) electrons. The van der Waals surface area contributed by atoms with Crippen molar-refractivity contribution in [3.63, 3.8) is 0 Å². The summed E-state index contributed by atoms with van der Waals surface area (Å²) in [4.78, 5) is 18.2. The molecule has 3 atom stereocenters. The number of tetrazole rings is 1. The van der Waals surface area contributed by atoms with Crippen LogP contribution in [-0.2, 0) is 16.1 Å². The Morgan fingerprint density at radius 2 is 2.12 bits per heavy atom. The third kappa shape index (κ3) is 4.85. The fourth-order valence-electron chi connectivity index (χ4n) is 4.49. The fraction of sp³-hybridized carbons (Fsp3) is 0.458. The molecule has 4 rings (SSSR count). The van der Waals surface area contributed by atoms with Gasteiger partial charge in [-0.2, -0.15) is 5.21 Å². The normalized spacial score (nSPS) is 24.5. The molecule has 1 aliphatic heterocycles. The summed E-state index contributed by atoms with van der Waals surface area (Å²) in [5, 5.41) is 14.5. The van der Waals surface area contributed by atoms with Crippen molar-refractivity contribution in [1.29, 1.82) is 0 Å². The van der Waals surface area contributed by atoms with E-state index >= 15 is 0 Å². The number of esters is 1. The van der Waals surface area contributed by atoms with Crippen LogP contribution < -0.4 is 0 Å². The third-order valence-corrected chi connectivity index (χ3v) is 6.46. The van der Waals surface area contributed by atoms with Crippen LogP contribution >= 0.6 is 11.6 Å². The molecule has 0 amide bonds. The Kier molecular flexibility index (Phi) is 6.93. The van der Waals surface area contributed by atoms with Crippen molar-refractivity contribution in [3.8, 4) is 0 Å². The molecule has 9 heteroatoms. The lowest BCUT2D eigenvalue weighted by molar-refractivity contribution is -0.146. The summed E-state index contributed by atoms with van der Waals surface area (Å²) in [6.45, 7) is 4.44. The molecule has 0 fully saturated rings. The van der Waals surface area contributed by atoms with Crippen LogP contribution in [0.15, 0.2) is 47.5 Å². The van der Waals surface area contributed by atoms with Crippen LogP contribution in [-0.4, -0.2) is 55.5 Å². The Morgan fingerprint density at radius 1 is 1.33 bits per heavy atom. The van der Waals surface area contributed by atoms with Crippen molar-refractivity contribution in [2.75, 3.05) is 7.11 Å². The topological polar surface area (TPSA) is 96.4 Å². The number of carbonyl (C=O) groups excluding carboxylic acids is 1. The summed E-state index contributed by atoms with van der Waals surface area (Å²) in [6, 6.07) is 7.78. The Bertz CT molecular complexity index is 1060. The molecule has 2 aliphatic rings. The number of ether oxygens (including phenoxy) is 1. The number of allylic oxidation sites excluding steroid dienone is 4. The molecular weight excluding hydrogens is 440 g/mol. The highest BCUT2D eigenvalue weighted by Crippen LogP contribution is 2.37. The van der Waals surface area contributed by atoms with Gasteiger partial charge in [-0.1, -0.05) is 67.4 Å². The molecule has 0 saturated carbocycles. The minimum atomic E-state index is -1.05. The van der Waals surface area contributed by atoms with Crippen molar-refractivity contribution >= 4 is 29.0 Å². The van der Waals surface area contributed by atoms with Crippen molar-refractivity contribution in [3.05, 3.63) is 59.4 Å². The summed E-state index contributed by atoms with van der Waals surface area (Å²) in [6.07, 6.45) is 9.87. The van der Waals surface area contributed by atoms with Gasteiger partial charge in [-0.05, 0) is 36.1 Å². The minimum Gasteiger partial charge on any atom is -0.467 e. The Hall–Kier alpha value is -3.00. The highest BCUT2D eigenvalue weighted by atomic mass is 35.5. The second kappa shape index (κ2) is 9.87. The van der Waals surface area contributed by atoms with Gasteiger partial charge in [-0.25, -0.2) is 9.79 Å². The maximum Gasteiger partial charge on any atom is 0.332 e. The molecule has 1 aromatic heterocycles. The molecule has 1 aromatic carbocycles. The second-order valence-electron chi connectivity index (χ2n) is 8.52. The van der Waals surface area contributed by atoms with E-state index in [0.717, 1.165) is 42.7 Å². The van der Waals surface area contributed by atoms with Gasteiger partial charge in [0.15, 0.2) is 11.0 Å². The van der Waals surface area contributed by atoms with E-state index in [-0.39, 0.29) is 11.9 Å². The maximum absolute atomic E-state index is 12.6. The number of methoxy groups -OCH3 is 1. The monoisotopic (exact) mass is 468 g/mol. The number of aromatic nitrogens is 4. The lowest BCUT2D eigenvalue weighted by atomic mass is 9.84. The van der Waals surface area contributed by atoms with E-state index in [9.17, 15) is 4.79 Å². The van der Waals surface area contributed by atoms with Gasteiger partial charge >= 0.3 is 5.97 Å². The molecule has 8 nitrogen and oxygen atoms in total. The molecule has 1 aliphatic carbocycles. The maximum atomic E-state index is 12.6. The van der Waals surface area contributed by atoms with Gasteiger partial charge in [0.25, 0.3) is 0 Å². The number of carbonyl (C=O) groups is 1. The number of hydrogen-bond donors (Lipinski definition) is 1. The Morgan fingerprint density at radius 3 is 2.79 bits per heavy atom. The Balaban J connectivity index is 1.56. The molecule has 0 bridgehead atoms. The lowest BCUT2D eigenvalue weighted by Gasteiger charge is -2.30. The molecule has 33 heavy (non-hydrogen) atoms. The van der Waals surface area contributed by atoms with Gasteiger partial charge in [0.2, 0.25) is 5.82 Å². The Labute approximate surface area is 198 Å².